The van der Waals surface area contributed by atoms with E-state index in [0.29, 0.717) is 6.04 Å². The summed E-state index contributed by atoms with van der Waals surface area (Å²) >= 11 is 5.07. The van der Waals surface area contributed by atoms with Crippen LogP contribution in [0.2, 0.25) is 0 Å². The number of hydrogen-bond donors (Lipinski definition) is 1. The zero-order valence-corrected chi connectivity index (χ0v) is 7.37. The van der Waals surface area contributed by atoms with Gasteiger partial charge in [0, 0.05) is 25.7 Å². The Morgan fingerprint density at radius 3 is 2.80 bits per heavy atom. The molecule has 3 heteroatoms. The molecule has 0 aliphatic carbocycles. The van der Waals surface area contributed by atoms with Gasteiger partial charge in [0.15, 0.2) is 0 Å². The molecule has 10 heavy (non-hydrogen) atoms. The summed E-state index contributed by atoms with van der Waals surface area (Å²) in [5.74, 6) is 0. The molecule has 0 bridgehead atoms. The van der Waals surface area contributed by atoms with E-state index in [2.05, 4.69) is 17.1 Å². The van der Waals surface area contributed by atoms with Gasteiger partial charge in [0.05, 0.1) is 4.99 Å². The first-order valence-electron chi connectivity index (χ1n) is 3.69. The molecule has 1 saturated heterocycles. The molecule has 1 atom stereocenters. The van der Waals surface area contributed by atoms with Crippen molar-refractivity contribution < 1.29 is 0 Å². The van der Waals surface area contributed by atoms with E-state index in [1.807, 2.05) is 6.92 Å². The molecule has 0 amide bonds. The van der Waals surface area contributed by atoms with Gasteiger partial charge in [-0.3, -0.25) is 0 Å². The third-order valence-corrected chi connectivity index (χ3v) is 2.07. The van der Waals surface area contributed by atoms with Gasteiger partial charge in [0.25, 0.3) is 0 Å². The van der Waals surface area contributed by atoms with Crippen molar-refractivity contribution >= 4 is 17.2 Å². The molecule has 0 aromatic carbocycles. The van der Waals surface area contributed by atoms with Crippen molar-refractivity contribution in [2.75, 3.05) is 19.6 Å². The highest BCUT2D eigenvalue weighted by Crippen LogP contribution is 1.99. The summed E-state index contributed by atoms with van der Waals surface area (Å²) in [6.07, 6.45) is 0. The zero-order chi connectivity index (χ0) is 7.56. The third kappa shape index (κ3) is 1.92. The van der Waals surface area contributed by atoms with Gasteiger partial charge in [-0.05, 0) is 13.8 Å². The number of nitrogens with zero attached hydrogens (tertiary/aromatic N) is 1. The van der Waals surface area contributed by atoms with E-state index >= 15 is 0 Å². The van der Waals surface area contributed by atoms with Gasteiger partial charge in [0.1, 0.15) is 0 Å². The van der Waals surface area contributed by atoms with E-state index < -0.39 is 0 Å². The van der Waals surface area contributed by atoms with Gasteiger partial charge < -0.3 is 10.2 Å². The van der Waals surface area contributed by atoms with Gasteiger partial charge in [-0.2, -0.15) is 0 Å². The van der Waals surface area contributed by atoms with E-state index in [1.165, 1.54) is 0 Å². The monoisotopic (exact) mass is 158 g/mol. The molecule has 58 valence electrons. The van der Waals surface area contributed by atoms with Crippen molar-refractivity contribution in [1.82, 2.24) is 10.2 Å². The van der Waals surface area contributed by atoms with E-state index in [-0.39, 0.29) is 0 Å². The fraction of sp³-hybridized carbons (Fsp3) is 0.857. The Hall–Kier alpha value is -0.150. The highest BCUT2D eigenvalue weighted by molar-refractivity contribution is 7.80. The summed E-state index contributed by atoms with van der Waals surface area (Å²) < 4.78 is 0. The average Bonchev–Trinajstić information content (AvgIpc) is 1.88. The molecule has 0 aromatic heterocycles. The zero-order valence-electron chi connectivity index (χ0n) is 6.55. The lowest BCUT2D eigenvalue weighted by molar-refractivity contribution is 0.306. The molecule has 0 radical (unpaired) electrons. The normalized spacial score (nSPS) is 26.6. The molecule has 2 nitrogen and oxygen atoms in total. The SMILES string of the molecule is CC(=S)N1CCN[C@H](C)C1. The molecule has 0 spiro atoms. The van der Waals surface area contributed by atoms with Gasteiger partial charge in [-0.15, -0.1) is 0 Å². The molecular weight excluding hydrogens is 144 g/mol. The third-order valence-electron chi connectivity index (χ3n) is 1.81. The van der Waals surface area contributed by atoms with Crippen molar-refractivity contribution in [3.05, 3.63) is 0 Å². The van der Waals surface area contributed by atoms with Crippen LogP contribution in [0, 0.1) is 0 Å². The van der Waals surface area contributed by atoms with Crippen LogP contribution >= 0.6 is 12.2 Å². The Balaban J connectivity index is 2.39. The minimum Gasteiger partial charge on any atom is -0.364 e. The summed E-state index contributed by atoms with van der Waals surface area (Å²) in [7, 11) is 0. The number of hydrogen-bond acceptors (Lipinski definition) is 2. The maximum absolute atomic E-state index is 5.07. The fourth-order valence-corrected chi connectivity index (χ4v) is 1.38. The van der Waals surface area contributed by atoms with Gasteiger partial charge in [0.2, 0.25) is 0 Å². The molecule has 1 rings (SSSR count). The van der Waals surface area contributed by atoms with Crippen LogP contribution < -0.4 is 5.32 Å². The quantitative estimate of drug-likeness (QED) is 0.520. The second-order valence-electron chi connectivity index (χ2n) is 2.82. The lowest BCUT2D eigenvalue weighted by Gasteiger charge is -2.32. The minimum atomic E-state index is 0.589. The first kappa shape index (κ1) is 7.95. The molecule has 0 aromatic rings. The molecule has 0 unspecified atom stereocenters. The number of piperazine rings is 1. The summed E-state index contributed by atoms with van der Waals surface area (Å²) in [5.41, 5.74) is 0. The van der Waals surface area contributed by atoms with Gasteiger partial charge in [-0.25, -0.2) is 0 Å². The largest absolute Gasteiger partial charge is 0.364 e. The van der Waals surface area contributed by atoms with Crippen LogP contribution in [0.25, 0.3) is 0 Å². The second-order valence-corrected chi connectivity index (χ2v) is 3.41. The van der Waals surface area contributed by atoms with Crippen molar-refractivity contribution in [3.63, 3.8) is 0 Å². The molecule has 0 saturated carbocycles. The predicted octanol–water partition coefficient (Wildman–Crippen LogP) is 0.627. The van der Waals surface area contributed by atoms with Crippen LogP contribution in [0.4, 0.5) is 0 Å². The second kappa shape index (κ2) is 3.30. The van der Waals surface area contributed by atoms with Crippen LogP contribution in [-0.2, 0) is 0 Å². The summed E-state index contributed by atoms with van der Waals surface area (Å²) in [5, 5.41) is 3.37. The number of nitrogens with one attached hydrogen (secondary N) is 1. The molecule has 1 heterocycles. The minimum absolute atomic E-state index is 0.589. The maximum atomic E-state index is 5.07. The van der Waals surface area contributed by atoms with E-state index in [9.17, 15) is 0 Å². The lowest BCUT2D eigenvalue weighted by atomic mass is 10.2. The topological polar surface area (TPSA) is 15.3 Å². The Labute approximate surface area is 67.6 Å². The Morgan fingerprint density at radius 1 is 1.70 bits per heavy atom. The fourth-order valence-electron chi connectivity index (χ4n) is 1.22. The molecular formula is C7H14N2S. The van der Waals surface area contributed by atoms with Crippen molar-refractivity contribution in [2.24, 2.45) is 0 Å². The van der Waals surface area contributed by atoms with Crippen LogP contribution in [0.1, 0.15) is 13.8 Å². The smallest absolute Gasteiger partial charge is 0.0748 e. The predicted molar refractivity (Wildman–Crippen MR) is 47.3 cm³/mol. The lowest BCUT2D eigenvalue weighted by Crippen LogP contribution is -2.50. The maximum Gasteiger partial charge on any atom is 0.0748 e. The molecule has 1 fully saturated rings. The van der Waals surface area contributed by atoms with Crippen molar-refractivity contribution in [2.45, 2.75) is 19.9 Å². The van der Waals surface area contributed by atoms with Gasteiger partial charge >= 0.3 is 0 Å². The van der Waals surface area contributed by atoms with E-state index in [4.69, 9.17) is 12.2 Å². The Morgan fingerprint density at radius 2 is 2.40 bits per heavy atom. The van der Waals surface area contributed by atoms with E-state index in [1.54, 1.807) is 0 Å². The average molecular weight is 158 g/mol. The van der Waals surface area contributed by atoms with Crippen molar-refractivity contribution in [1.29, 1.82) is 0 Å². The number of thiocarbonyl (C=S) groups is 1. The number of rotatable bonds is 0. The summed E-state index contributed by atoms with van der Waals surface area (Å²) in [6.45, 7) is 7.38. The molecule has 1 N–H and O–H groups in total. The van der Waals surface area contributed by atoms with Gasteiger partial charge in [-0.1, -0.05) is 12.2 Å². The van der Waals surface area contributed by atoms with E-state index in [0.717, 1.165) is 24.6 Å². The first-order valence-corrected chi connectivity index (χ1v) is 4.10. The first-order chi connectivity index (χ1) is 4.70. The Kier molecular flexibility index (Phi) is 2.63. The van der Waals surface area contributed by atoms with Crippen LogP contribution in [0.5, 0.6) is 0 Å². The standard InChI is InChI=1S/C7H14N2S/c1-6-5-9(7(2)10)4-3-8-6/h6,8H,3-5H2,1-2H3/t6-/m1/s1. The highest BCUT2D eigenvalue weighted by Gasteiger charge is 2.14. The molecule has 1 aliphatic rings. The van der Waals surface area contributed by atoms with Crippen LogP contribution in [0.3, 0.4) is 0 Å². The van der Waals surface area contributed by atoms with Crippen LogP contribution in [0.15, 0.2) is 0 Å². The van der Waals surface area contributed by atoms with Crippen molar-refractivity contribution in [3.8, 4) is 0 Å². The Bertz CT molecular complexity index is 136. The summed E-state index contributed by atoms with van der Waals surface area (Å²) in [6, 6.07) is 0.589. The molecule has 1 aliphatic heterocycles. The summed E-state index contributed by atoms with van der Waals surface area (Å²) in [4.78, 5) is 3.27. The van der Waals surface area contributed by atoms with Crippen LogP contribution in [-0.4, -0.2) is 35.6 Å². The highest BCUT2D eigenvalue weighted by atomic mass is 32.1.